The van der Waals surface area contributed by atoms with E-state index in [1.54, 1.807) is 0 Å². The molecule has 7 heavy (non-hydrogen) atoms. The van der Waals surface area contributed by atoms with Crippen LogP contribution in [0, 0.1) is 17.2 Å². The molecule has 0 aliphatic rings. The van der Waals surface area contributed by atoms with E-state index < -0.39 is 0 Å². The van der Waals surface area contributed by atoms with Crippen molar-refractivity contribution in [3.05, 3.63) is 0 Å². The highest BCUT2D eigenvalue weighted by atomic mass is 79.9. The maximum atomic E-state index is 8.25. The first-order valence-corrected chi connectivity index (χ1v) is 3.42. The lowest BCUT2D eigenvalue weighted by molar-refractivity contribution is 0.729. The van der Waals surface area contributed by atoms with E-state index in [0.717, 1.165) is 11.8 Å². The number of nitriles is 1. The van der Waals surface area contributed by atoms with Gasteiger partial charge in [-0.2, -0.15) is 5.26 Å². The van der Waals surface area contributed by atoms with Gasteiger partial charge in [-0.25, -0.2) is 0 Å². The Morgan fingerprint density at radius 3 is 2.43 bits per heavy atom. The third-order valence-electron chi connectivity index (χ3n) is 0.862. The van der Waals surface area contributed by atoms with Gasteiger partial charge in [0.15, 0.2) is 0 Å². The van der Waals surface area contributed by atoms with E-state index in [4.69, 9.17) is 5.26 Å². The van der Waals surface area contributed by atoms with E-state index in [1.807, 2.05) is 6.92 Å². The number of hydrogen-bond acceptors (Lipinski definition) is 1. The minimum Gasteiger partial charge on any atom is -0.198 e. The minimum absolute atomic E-state index is 0.208. The van der Waals surface area contributed by atoms with Gasteiger partial charge >= 0.3 is 0 Å². The van der Waals surface area contributed by atoms with Crippen molar-refractivity contribution < 1.29 is 0 Å². The number of hydrogen-bond donors (Lipinski definition) is 0. The zero-order valence-corrected chi connectivity index (χ0v) is 5.90. The van der Waals surface area contributed by atoms with Gasteiger partial charge in [0.25, 0.3) is 0 Å². The van der Waals surface area contributed by atoms with Crippen LogP contribution in [0.3, 0.4) is 0 Å². The fraction of sp³-hybridized carbons (Fsp3) is 0.800. The van der Waals surface area contributed by atoms with Gasteiger partial charge in [0.05, 0.1) is 12.0 Å². The SMILES string of the molecule is CC[C@@H](C#N)CBr. The van der Waals surface area contributed by atoms with Crippen molar-refractivity contribution in [3.8, 4) is 6.07 Å². The van der Waals surface area contributed by atoms with Crippen molar-refractivity contribution in [2.75, 3.05) is 5.33 Å². The summed E-state index contributed by atoms with van der Waals surface area (Å²) in [6.45, 7) is 2.01. The Hall–Kier alpha value is -0.0300. The van der Waals surface area contributed by atoms with Crippen LogP contribution < -0.4 is 0 Å². The molecular weight excluding hydrogens is 154 g/mol. The molecule has 0 aromatic carbocycles. The van der Waals surface area contributed by atoms with Crippen LogP contribution in [0.2, 0.25) is 0 Å². The molecule has 0 aromatic heterocycles. The first-order chi connectivity index (χ1) is 3.35. The summed E-state index contributed by atoms with van der Waals surface area (Å²) in [6, 6.07) is 2.15. The molecule has 0 heterocycles. The molecule has 0 spiro atoms. The predicted molar refractivity (Wildman–Crippen MR) is 33.2 cm³/mol. The Bertz CT molecular complexity index is 70.6. The first-order valence-electron chi connectivity index (χ1n) is 2.30. The summed E-state index contributed by atoms with van der Waals surface area (Å²) in [5.74, 6) is 0.208. The average Bonchev–Trinajstić information content (AvgIpc) is 1.72. The zero-order valence-electron chi connectivity index (χ0n) is 4.32. The molecule has 0 fully saturated rings. The van der Waals surface area contributed by atoms with Crippen LogP contribution in [-0.2, 0) is 0 Å². The Morgan fingerprint density at radius 2 is 2.43 bits per heavy atom. The molecule has 0 saturated heterocycles. The second kappa shape index (κ2) is 4.14. The topological polar surface area (TPSA) is 23.8 Å². The third kappa shape index (κ3) is 2.64. The normalized spacial score (nSPS) is 12.7. The van der Waals surface area contributed by atoms with Crippen molar-refractivity contribution in [1.82, 2.24) is 0 Å². The minimum atomic E-state index is 0.208. The summed E-state index contributed by atoms with van der Waals surface area (Å²) >= 11 is 3.21. The summed E-state index contributed by atoms with van der Waals surface area (Å²) in [4.78, 5) is 0. The van der Waals surface area contributed by atoms with E-state index >= 15 is 0 Å². The van der Waals surface area contributed by atoms with Crippen LogP contribution in [-0.4, -0.2) is 5.33 Å². The number of alkyl halides is 1. The van der Waals surface area contributed by atoms with Gasteiger partial charge in [-0.15, -0.1) is 0 Å². The summed E-state index contributed by atoms with van der Waals surface area (Å²) in [5.41, 5.74) is 0. The maximum Gasteiger partial charge on any atom is 0.0664 e. The van der Waals surface area contributed by atoms with Crippen LogP contribution >= 0.6 is 15.9 Å². The second-order valence-electron chi connectivity index (χ2n) is 1.39. The summed E-state index contributed by atoms with van der Waals surface area (Å²) < 4.78 is 0. The van der Waals surface area contributed by atoms with Crippen molar-refractivity contribution in [2.24, 2.45) is 5.92 Å². The molecule has 0 aromatic rings. The molecule has 0 N–H and O–H groups in total. The molecular formula is C5H8BrN. The summed E-state index contributed by atoms with van der Waals surface area (Å²) in [7, 11) is 0. The predicted octanol–water partition coefficient (Wildman–Crippen LogP) is 1.93. The fourth-order valence-corrected chi connectivity index (χ4v) is 0.838. The largest absolute Gasteiger partial charge is 0.198 e. The fourth-order valence-electron chi connectivity index (χ4n) is 0.235. The van der Waals surface area contributed by atoms with Crippen molar-refractivity contribution in [1.29, 1.82) is 5.26 Å². The van der Waals surface area contributed by atoms with Crippen LogP contribution in [0.25, 0.3) is 0 Å². The lowest BCUT2D eigenvalue weighted by Crippen LogP contribution is -1.93. The van der Waals surface area contributed by atoms with Crippen molar-refractivity contribution in [2.45, 2.75) is 13.3 Å². The lowest BCUT2D eigenvalue weighted by atomic mass is 10.2. The Labute approximate surface area is 52.5 Å². The van der Waals surface area contributed by atoms with Gasteiger partial charge in [0.1, 0.15) is 0 Å². The Kier molecular flexibility index (Phi) is 4.12. The molecule has 40 valence electrons. The van der Waals surface area contributed by atoms with Crippen molar-refractivity contribution >= 4 is 15.9 Å². The zero-order chi connectivity index (χ0) is 5.70. The van der Waals surface area contributed by atoms with Crippen LogP contribution in [0.1, 0.15) is 13.3 Å². The molecule has 1 nitrogen and oxygen atoms in total. The van der Waals surface area contributed by atoms with Gasteiger partial charge < -0.3 is 0 Å². The lowest BCUT2D eigenvalue weighted by Gasteiger charge is -1.94. The van der Waals surface area contributed by atoms with Crippen LogP contribution in [0.5, 0.6) is 0 Å². The van der Waals surface area contributed by atoms with Gasteiger partial charge in [-0.1, -0.05) is 22.9 Å². The Morgan fingerprint density at radius 1 is 1.86 bits per heavy atom. The van der Waals surface area contributed by atoms with E-state index in [2.05, 4.69) is 22.0 Å². The van der Waals surface area contributed by atoms with Crippen LogP contribution in [0.4, 0.5) is 0 Å². The number of nitrogens with zero attached hydrogens (tertiary/aromatic N) is 1. The van der Waals surface area contributed by atoms with Gasteiger partial charge in [0.2, 0.25) is 0 Å². The molecule has 1 atom stereocenters. The molecule has 0 amide bonds. The van der Waals surface area contributed by atoms with Gasteiger partial charge in [-0.05, 0) is 6.42 Å². The van der Waals surface area contributed by atoms with E-state index in [0.29, 0.717) is 0 Å². The number of rotatable bonds is 2. The van der Waals surface area contributed by atoms with Gasteiger partial charge in [-0.3, -0.25) is 0 Å². The highest BCUT2D eigenvalue weighted by molar-refractivity contribution is 9.09. The Balaban J connectivity index is 3.23. The molecule has 0 saturated carbocycles. The van der Waals surface area contributed by atoms with E-state index in [1.165, 1.54) is 0 Å². The smallest absolute Gasteiger partial charge is 0.0664 e. The highest BCUT2D eigenvalue weighted by Gasteiger charge is 1.97. The molecule has 0 unspecified atom stereocenters. The highest BCUT2D eigenvalue weighted by Crippen LogP contribution is 2.02. The quantitative estimate of drug-likeness (QED) is 0.569. The first kappa shape index (κ1) is 6.97. The standard InChI is InChI=1S/C5H8BrN/c1-2-5(3-6)4-7/h5H,2-3H2,1H3/t5-/m1/s1. The average molecular weight is 162 g/mol. The molecule has 0 rings (SSSR count). The molecule has 0 aliphatic carbocycles. The molecule has 0 radical (unpaired) electrons. The van der Waals surface area contributed by atoms with Crippen molar-refractivity contribution in [3.63, 3.8) is 0 Å². The molecule has 2 heteroatoms. The second-order valence-corrected chi connectivity index (χ2v) is 2.04. The van der Waals surface area contributed by atoms with E-state index in [9.17, 15) is 0 Å². The molecule has 0 bridgehead atoms. The van der Waals surface area contributed by atoms with E-state index in [-0.39, 0.29) is 5.92 Å². The number of halogens is 1. The van der Waals surface area contributed by atoms with Gasteiger partial charge in [0, 0.05) is 5.33 Å². The maximum absolute atomic E-state index is 8.25. The summed E-state index contributed by atoms with van der Waals surface area (Å²) in [5, 5.41) is 9.05. The van der Waals surface area contributed by atoms with Crippen LogP contribution in [0.15, 0.2) is 0 Å². The third-order valence-corrected chi connectivity index (χ3v) is 1.64. The molecule has 0 aliphatic heterocycles. The summed E-state index contributed by atoms with van der Waals surface area (Å²) in [6.07, 6.45) is 0.946. The monoisotopic (exact) mass is 161 g/mol.